The van der Waals surface area contributed by atoms with Crippen molar-refractivity contribution in [2.24, 2.45) is 0 Å². The van der Waals surface area contributed by atoms with Gasteiger partial charge in [0.1, 0.15) is 0 Å². The van der Waals surface area contributed by atoms with Crippen LogP contribution in [0.5, 0.6) is 0 Å². The van der Waals surface area contributed by atoms with E-state index in [4.69, 9.17) is 0 Å². The van der Waals surface area contributed by atoms with Gasteiger partial charge in [-0.05, 0) is 41.9 Å². The molecule has 2 aromatic carbocycles. The molecule has 0 aliphatic rings. The van der Waals surface area contributed by atoms with Crippen LogP contribution in [0.25, 0.3) is 10.9 Å². The molecule has 1 unspecified atom stereocenters. The molecule has 1 aromatic heterocycles. The average Bonchev–Trinajstić information content (AvgIpc) is 3.12. The quantitative estimate of drug-likeness (QED) is 0.494. The van der Waals surface area contributed by atoms with E-state index in [1.165, 1.54) is 27.6 Å². The second kappa shape index (κ2) is 9.40. The molecule has 2 N–H and O–H groups in total. The molecular formula is C24H30N2O. The van der Waals surface area contributed by atoms with Crippen LogP contribution in [0.1, 0.15) is 55.7 Å². The summed E-state index contributed by atoms with van der Waals surface area (Å²) in [5.41, 5.74) is 5.05. The lowest BCUT2D eigenvalue weighted by molar-refractivity contribution is -0.121. The van der Waals surface area contributed by atoms with Crippen molar-refractivity contribution in [2.45, 2.75) is 51.9 Å². The third-order valence-electron chi connectivity index (χ3n) is 5.26. The molecule has 0 bridgehead atoms. The Balaban J connectivity index is 1.88. The Hall–Kier alpha value is -2.55. The number of amides is 1. The minimum atomic E-state index is 0.144. The number of aromatic amines is 1. The van der Waals surface area contributed by atoms with Gasteiger partial charge in [-0.3, -0.25) is 4.79 Å². The molecule has 142 valence electrons. The number of carbonyl (C=O) groups is 1. The van der Waals surface area contributed by atoms with Crippen LogP contribution in [0.3, 0.4) is 0 Å². The van der Waals surface area contributed by atoms with E-state index in [1.807, 2.05) is 6.07 Å². The van der Waals surface area contributed by atoms with Crippen LogP contribution in [0.4, 0.5) is 0 Å². The maximum absolute atomic E-state index is 12.6. The molecule has 1 atom stereocenters. The minimum absolute atomic E-state index is 0.144. The third kappa shape index (κ3) is 4.79. The van der Waals surface area contributed by atoms with Crippen molar-refractivity contribution in [3.63, 3.8) is 0 Å². The van der Waals surface area contributed by atoms with E-state index in [0.29, 0.717) is 6.42 Å². The van der Waals surface area contributed by atoms with Gasteiger partial charge in [-0.25, -0.2) is 0 Å². The molecule has 0 aliphatic heterocycles. The second-order valence-electron chi connectivity index (χ2n) is 7.23. The van der Waals surface area contributed by atoms with E-state index in [2.05, 4.69) is 72.8 Å². The summed E-state index contributed by atoms with van der Waals surface area (Å²) in [6.07, 6.45) is 6.61. The Morgan fingerprint density at radius 2 is 1.89 bits per heavy atom. The smallest absolute Gasteiger partial charge is 0.220 e. The molecule has 0 spiro atoms. The number of fused-ring (bicyclic) bond motifs is 1. The molecule has 3 rings (SSSR count). The zero-order chi connectivity index (χ0) is 19.1. The van der Waals surface area contributed by atoms with Crippen molar-refractivity contribution < 1.29 is 4.79 Å². The number of para-hydroxylation sites is 1. The molecule has 1 heterocycles. The number of nitrogens with one attached hydrogen (secondary N) is 2. The van der Waals surface area contributed by atoms with Crippen molar-refractivity contribution in [2.75, 3.05) is 6.54 Å². The summed E-state index contributed by atoms with van der Waals surface area (Å²) in [5.74, 6) is 0.306. The summed E-state index contributed by atoms with van der Waals surface area (Å²) < 4.78 is 0. The minimum Gasteiger partial charge on any atom is -0.361 e. The van der Waals surface area contributed by atoms with Gasteiger partial charge in [-0.2, -0.15) is 0 Å². The van der Waals surface area contributed by atoms with Crippen LogP contribution < -0.4 is 5.32 Å². The Morgan fingerprint density at radius 3 is 2.63 bits per heavy atom. The van der Waals surface area contributed by atoms with Gasteiger partial charge in [-0.15, -0.1) is 0 Å². The highest BCUT2D eigenvalue weighted by molar-refractivity contribution is 5.87. The third-order valence-corrected chi connectivity index (χ3v) is 5.26. The molecule has 3 aromatic rings. The lowest BCUT2D eigenvalue weighted by Crippen LogP contribution is -2.26. The highest BCUT2D eigenvalue weighted by Gasteiger charge is 2.20. The van der Waals surface area contributed by atoms with Crippen molar-refractivity contribution in [3.8, 4) is 0 Å². The van der Waals surface area contributed by atoms with Gasteiger partial charge in [0.25, 0.3) is 0 Å². The Bertz CT molecular complexity index is 866. The molecular weight excluding hydrogens is 332 g/mol. The molecule has 0 saturated heterocycles. The summed E-state index contributed by atoms with van der Waals surface area (Å²) in [4.78, 5) is 16.0. The van der Waals surface area contributed by atoms with Gasteiger partial charge in [0.05, 0.1) is 0 Å². The van der Waals surface area contributed by atoms with E-state index in [1.54, 1.807) is 0 Å². The van der Waals surface area contributed by atoms with Crippen LogP contribution in [0.2, 0.25) is 0 Å². The van der Waals surface area contributed by atoms with Crippen molar-refractivity contribution in [1.29, 1.82) is 0 Å². The van der Waals surface area contributed by atoms with Crippen molar-refractivity contribution in [3.05, 3.63) is 71.4 Å². The second-order valence-corrected chi connectivity index (χ2v) is 7.23. The first-order chi connectivity index (χ1) is 13.2. The summed E-state index contributed by atoms with van der Waals surface area (Å²) in [5, 5.41) is 4.33. The molecule has 0 radical (unpaired) electrons. The van der Waals surface area contributed by atoms with Crippen LogP contribution in [-0.2, 0) is 17.6 Å². The summed E-state index contributed by atoms with van der Waals surface area (Å²) in [6.45, 7) is 5.08. The zero-order valence-corrected chi connectivity index (χ0v) is 16.4. The van der Waals surface area contributed by atoms with Gasteiger partial charge in [-0.1, -0.05) is 68.8 Å². The fourth-order valence-electron chi connectivity index (χ4n) is 3.76. The number of benzene rings is 2. The Kier molecular flexibility index (Phi) is 6.69. The van der Waals surface area contributed by atoms with Gasteiger partial charge in [0, 0.05) is 30.1 Å². The molecule has 27 heavy (non-hydrogen) atoms. The fourth-order valence-corrected chi connectivity index (χ4v) is 3.76. The molecule has 0 saturated carbocycles. The molecule has 3 nitrogen and oxygen atoms in total. The maximum atomic E-state index is 12.6. The normalized spacial score (nSPS) is 12.2. The monoisotopic (exact) mass is 362 g/mol. The first-order valence-corrected chi connectivity index (χ1v) is 10.1. The van der Waals surface area contributed by atoms with Gasteiger partial charge in [0.15, 0.2) is 0 Å². The SMILES string of the molecule is CCCCNC(=O)CC(Cc1ccccc1)c1c[nH]c2c(CC)cccc12. The standard InChI is InChI=1S/C24H30N2O/c1-3-5-14-25-23(27)16-20(15-18-10-7-6-8-11-18)22-17-26-24-19(4-2)12-9-13-21(22)24/h6-13,17,20,26H,3-5,14-16H2,1-2H3,(H,25,27). The van der Waals surface area contributed by atoms with E-state index in [0.717, 1.165) is 32.2 Å². The van der Waals surface area contributed by atoms with E-state index in [9.17, 15) is 4.79 Å². The Morgan fingerprint density at radius 1 is 1.07 bits per heavy atom. The fraction of sp³-hybridized carbons (Fsp3) is 0.375. The number of hydrogen-bond donors (Lipinski definition) is 2. The Labute approximate surface area is 162 Å². The van der Waals surface area contributed by atoms with Crippen LogP contribution in [0.15, 0.2) is 54.7 Å². The van der Waals surface area contributed by atoms with Gasteiger partial charge in [0.2, 0.25) is 5.91 Å². The number of aromatic nitrogens is 1. The number of hydrogen-bond acceptors (Lipinski definition) is 1. The van der Waals surface area contributed by atoms with E-state index < -0.39 is 0 Å². The highest BCUT2D eigenvalue weighted by Crippen LogP contribution is 2.32. The lowest BCUT2D eigenvalue weighted by Gasteiger charge is -2.17. The number of unbranched alkanes of at least 4 members (excludes halogenated alkanes) is 1. The first kappa shape index (κ1) is 19.2. The predicted octanol–water partition coefficient (Wildman–Crippen LogP) is 5.36. The number of carbonyl (C=O) groups excluding carboxylic acids is 1. The van der Waals surface area contributed by atoms with E-state index >= 15 is 0 Å². The number of H-pyrrole nitrogens is 1. The van der Waals surface area contributed by atoms with Crippen molar-refractivity contribution >= 4 is 16.8 Å². The first-order valence-electron chi connectivity index (χ1n) is 10.1. The average molecular weight is 363 g/mol. The largest absolute Gasteiger partial charge is 0.361 e. The predicted molar refractivity (Wildman–Crippen MR) is 113 cm³/mol. The van der Waals surface area contributed by atoms with Gasteiger partial charge >= 0.3 is 0 Å². The summed E-state index contributed by atoms with van der Waals surface area (Å²) >= 11 is 0. The maximum Gasteiger partial charge on any atom is 0.220 e. The molecule has 0 fully saturated rings. The number of rotatable bonds is 9. The van der Waals surface area contributed by atoms with Crippen molar-refractivity contribution in [1.82, 2.24) is 10.3 Å². The highest BCUT2D eigenvalue weighted by atomic mass is 16.1. The lowest BCUT2D eigenvalue weighted by atomic mass is 9.88. The topological polar surface area (TPSA) is 44.9 Å². The number of aryl methyl sites for hydroxylation is 1. The van der Waals surface area contributed by atoms with Gasteiger partial charge < -0.3 is 10.3 Å². The van der Waals surface area contributed by atoms with Crippen LogP contribution in [-0.4, -0.2) is 17.4 Å². The van der Waals surface area contributed by atoms with Crippen LogP contribution in [0, 0.1) is 0 Å². The zero-order valence-electron chi connectivity index (χ0n) is 16.4. The molecule has 1 amide bonds. The summed E-state index contributed by atoms with van der Waals surface area (Å²) in [6, 6.07) is 16.9. The summed E-state index contributed by atoms with van der Waals surface area (Å²) in [7, 11) is 0. The molecule has 3 heteroatoms. The molecule has 0 aliphatic carbocycles. The van der Waals surface area contributed by atoms with E-state index in [-0.39, 0.29) is 11.8 Å². The van der Waals surface area contributed by atoms with Crippen LogP contribution >= 0.6 is 0 Å².